The zero-order chi connectivity index (χ0) is 14.7. The number of nitrogens with two attached hydrogens (primary N) is 1. The maximum absolute atomic E-state index is 9.56. The molecule has 5 heteroatoms. The van der Waals surface area contributed by atoms with Crippen molar-refractivity contribution in [1.82, 2.24) is 9.97 Å². The van der Waals surface area contributed by atoms with Crippen LogP contribution in [0.25, 0.3) is 11.4 Å². The number of phenolic OH excluding ortho intramolecular Hbond substituents is 2. The maximum atomic E-state index is 9.56. The van der Waals surface area contributed by atoms with Gasteiger partial charge in [0.25, 0.3) is 0 Å². The highest BCUT2D eigenvalue weighted by atomic mass is 16.3. The van der Waals surface area contributed by atoms with Gasteiger partial charge in [-0.05, 0) is 37.6 Å². The second-order valence-corrected chi connectivity index (χ2v) is 4.90. The van der Waals surface area contributed by atoms with Crippen LogP contribution in [0.5, 0.6) is 11.5 Å². The molecule has 106 valence electrons. The topological polar surface area (TPSA) is 92.3 Å². The summed E-state index contributed by atoms with van der Waals surface area (Å²) in [6.07, 6.45) is 1.58. The molecule has 0 aliphatic heterocycles. The third kappa shape index (κ3) is 3.24. The van der Waals surface area contributed by atoms with E-state index in [9.17, 15) is 10.2 Å². The fourth-order valence-electron chi connectivity index (χ4n) is 1.94. The summed E-state index contributed by atoms with van der Waals surface area (Å²) in [7, 11) is 0. The SMILES string of the molecule is CCC(N)Cc1cc(C)nc(-c2ccc(O)c(O)c2)n1. The second-order valence-electron chi connectivity index (χ2n) is 4.90. The summed E-state index contributed by atoms with van der Waals surface area (Å²) in [6, 6.07) is 6.54. The third-order valence-corrected chi connectivity index (χ3v) is 3.14. The smallest absolute Gasteiger partial charge is 0.159 e. The number of rotatable bonds is 4. The molecule has 20 heavy (non-hydrogen) atoms. The van der Waals surface area contributed by atoms with Crippen LogP contribution in [0.15, 0.2) is 24.3 Å². The molecule has 1 unspecified atom stereocenters. The molecule has 2 aromatic rings. The van der Waals surface area contributed by atoms with Crippen LogP contribution in [-0.4, -0.2) is 26.2 Å². The predicted molar refractivity (Wildman–Crippen MR) is 77.5 cm³/mol. The Hall–Kier alpha value is -2.14. The first-order valence-electron chi connectivity index (χ1n) is 6.62. The number of benzene rings is 1. The lowest BCUT2D eigenvalue weighted by molar-refractivity contribution is 0.404. The van der Waals surface area contributed by atoms with Crippen LogP contribution < -0.4 is 5.73 Å². The molecule has 0 fully saturated rings. The van der Waals surface area contributed by atoms with Crippen molar-refractivity contribution in [2.45, 2.75) is 32.7 Å². The van der Waals surface area contributed by atoms with E-state index in [1.54, 1.807) is 6.07 Å². The number of phenols is 2. The van der Waals surface area contributed by atoms with Gasteiger partial charge in [0, 0.05) is 29.4 Å². The van der Waals surface area contributed by atoms with Gasteiger partial charge < -0.3 is 15.9 Å². The molecule has 2 rings (SSSR count). The molecule has 0 aliphatic carbocycles. The lowest BCUT2D eigenvalue weighted by Gasteiger charge is -2.10. The van der Waals surface area contributed by atoms with E-state index in [0.717, 1.165) is 17.8 Å². The van der Waals surface area contributed by atoms with Gasteiger partial charge in [0.15, 0.2) is 17.3 Å². The van der Waals surface area contributed by atoms with Crippen molar-refractivity contribution in [3.8, 4) is 22.9 Å². The van der Waals surface area contributed by atoms with Crippen LogP contribution in [-0.2, 0) is 6.42 Å². The summed E-state index contributed by atoms with van der Waals surface area (Å²) in [5, 5.41) is 18.9. The van der Waals surface area contributed by atoms with Crippen molar-refractivity contribution in [3.63, 3.8) is 0 Å². The molecule has 4 N–H and O–H groups in total. The van der Waals surface area contributed by atoms with E-state index < -0.39 is 0 Å². The third-order valence-electron chi connectivity index (χ3n) is 3.14. The van der Waals surface area contributed by atoms with Crippen molar-refractivity contribution in [2.75, 3.05) is 0 Å². The van der Waals surface area contributed by atoms with Crippen molar-refractivity contribution >= 4 is 0 Å². The summed E-state index contributed by atoms with van der Waals surface area (Å²) in [5.74, 6) is 0.188. The van der Waals surface area contributed by atoms with Gasteiger partial charge in [-0.15, -0.1) is 0 Å². The van der Waals surface area contributed by atoms with Gasteiger partial charge in [-0.2, -0.15) is 0 Å². The first kappa shape index (κ1) is 14.3. The van der Waals surface area contributed by atoms with Crippen LogP contribution >= 0.6 is 0 Å². The zero-order valence-electron chi connectivity index (χ0n) is 11.7. The largest absolute Gasteiger partial charge is 0.504 e. The minimum absolute atomic E-state index is 0.0744. The van der Waals surface area contributed by atoms with Gasteiger partial charge in [-0.25, -0.2) is 9.97 Å². The first-order chi connectivity index (χ1) is 9.49. The highest BCUT2D eigenvalue weighted by molar-refractivity contribution is 5.60. The monoisotopic (exact) mass is 273 g/mol. The van der Waals surface area contributed by atoms with E-state index in [2.05, 4.69) is 9.97 Å². The van der Waals surface area contributed by atoms with Crippen molar-refractivity contribution < 1.29 is 10.2 Å². The van der Waals surface area contributed by atoms with E-state index in [1.165, 1.54) is 12.1 Å². The van der Waals surface area contributed by atoms with E-state index in [0.29, 0.717) is 17.8 Å². The molecule has 5 nitrogen and oxygen atoms in total. The van der Waals surface area contributed by atoms with Gasteiger partial charge in [0.2, 0.25) is 0 Å². The van der Waals surface area contributed by atoms with Gasteiger partial charge in [-0.1, -0.05) is 6.92 Å². The van der Waals surface area contributed by atoms with Crippen LogP contribution in [0.3, 0.4) is 0 Å². The number of aromatic nitrogens is 2. The minimum Gasteiger partial charge on any atom is -0.504 e. The molecule has 0 amide bonds. The highest BCUT2D eigenvalue weighted by Crippen LogP contribution is 2.29. The molecule has 0 aliphatic rings. The first-order valence-corrected chi connectivity index (χ1v) is 6.62. The molecule has 1 aromatic heterocycles. The standard InChI is InChI=1S/C15H19N3O2/c1-3-11(16)8-12-6-9(2)17-15(18-12)10-4-5-13(19)14(20)7-10/h4-7,11,19-20H,3,8,16H2,1-2H3. The molecular formula is C15H19N3O2. The average Bonchev–Trinajstić information content (AvgIpc) is 2.41. The Labute approximate surface area is 118 Å². The summed E-state index contributed by atoms with van der Waals surface area (Å²) in [5.41, 5.74) is 8.35. The fraction of sp³-hybridized carbons (Fsp3) is 0.333. The molecule has 0 bridgehead atoms. The Morgan fingerprint density at radius 2 is 1.90 bits per heavy atom. The molecule has 0 radical (unpaired) electrons. The Morgan fingerprint density at radius 3 is 2.55 bits per heavy atom. The van der Waals surface area contributed by atoms with Crippen LogP contribution in [0.2, 0.25) is 0 Å². The summed E-state index contributed by atoms with van der Waals surface area (Å²) < 4.78 is 0. The summed E-state index contributed by atoms with van der Waals surface area (Å²) in [4.78, 5) is 8.84. The molecule has 0 saturated heterocycles. The van der Waals surface area contributed by atoms with E-state index in [1.807, 2.05) is 19.9 Å². The second kappa shape index (κ2) is 5.88. The van der Waals surface area contributed by atoms with Gasteiger partial charge >= 0.3 is 0 Å². The average molecular weight is 273 g/mol. The van der Waals surface area contributed by atoms with Crippen LogP contribution in [0.1, 0.15) is 24.7 Å². The Kier molecular flexibility index (Phi) is 4.20. The number of nitrogens with zero attached hydrogens (tertiary/aromatic N) is 2. The molecule has 1 atom stereocenters. The molecule has 0 saturated carbocycles. The fourth-order valence-corrected chi connectivity index (χ4v) is 1.94. The van der Waals surface area contributed by atoms with E-state index >= 15 is 0 Å². The minimum atomic E-state index is -0.181. The molecule has 0 spiro atoms. The number of aromatic hydroxyl groups is 2. The number of hydrogen-bond acceptors (Lipinski definition) is 5. The Bertz CT molecular complexity index is 614. The van der Waals surface area contributed by atoms with Gasteiger partial charge in [0.1, 0.15) is 0 Å². The van der Waals surface area contributed by atoms with Crippen LogP contribution in [0.4, 0.5) is 0 Å². The van der Waals surface area contributed by atoms with Gasteiger partial charge in [-0.3, -0.25) is 0 Å². The van der Waals surface area contributed by atoms with Gasteiger partial charge in [0.05, 0.1) is 0 Å². The summed E-state index contributed by atoms with van der Waals surface area (Å²) in [6.45, 7) is 3.93. The van der Waals surface area contributed by atoms with E-state index in [4.69, 9.17) is 5.73 Å². The zero-order valence-corrected chi connectivity index (χ0v) is 11.7. The normalized spacial score (nSPS) is 12.3. The predicted octanol–water partition coefficient (Wildman–Crippen LogP) is 2.14. The lowest BCUT2D eigenvalue weighted by atomic mass is 10.1. The van der Waals surface area contributed by atoms with Crippen molar-refractivity contribution in [1.29, 1.82) is 0 Å². The number of hydrogen-bond donors (Lipinski definition) is 3. The highest BCUT2D eigenvalue weighted by Gasteiger charge is 2.10. The molecule has 1 heterocycles. The quantitative estimate of drug-likeness (QED) is 0.742. The Balaban J connectivity index is 2.38. The van der Waals surface area contributed by atoms with Crippen molar-refractivity contribution in [2.24, 2.45) is 5.73 Å². The Morgan fingerprint density at radius 1 is 1.15 bits per heavy atom. The molecular weight excluding hydrogens is 254 g/mol. The van der Waals surface area contributed by atoms with E-state index in [-0.39, 0.29) is 17.5 Å². The number of aryl methyl sites for hydroxylation is 1. The van der Waals surface area contributed by atoms with Crippen molar-refractivity contribution in [3.05, 3.63) is 35.7 Å². The maximum Gasteiger partial charge on any atom is 0.159 e. The van der Waals surface area contributed by atoms with Crippen LogP contribution in [0, 0.1) is 6.92 Å². The lowest BCUT2D eigenvalue weighted by Crippen LogP contribution is -2.22. The summed E-state index contributed by atoms with van der Waals surface area (Å²) >= 11 is 0. The molecule has 1 aromatic carbocycles.